The van der Waals surface area contributed by atoms with Gasteiger partial charge in [0.25, 0.3) is 5.91 Å². The van der Waals surface area contributed by atoms with E-state index in [-0.39, 0.29) is 17.3 Å². The molecule has 2 N–H and O–H groups in total. The highest BCUT2D eigenvalue weighted by molar-refractivity contribution is 6.14. The number of nitrogens with zero attached hydrogens (tertiary/aromatic N) is 5. The lowest BCUT2D eigenvalue weighted by Gasteiger charge is -2.25. The van der Waals surface area contributed by atoms with E-state index in [0.717, 1.165) is 17.0 Å². The minimum Gasteiger partial charge on any atom is -0.491 e. The molecule has 0 spiro atoms. The number of amides is 4. The third-order valence-corrected chi connectivity index (χ3v) is 6.92. The van der Waals surface area contributed by atoms with Gasteiger partial charge >= 0.3 is 12.2 Å². The van der Waals surface area contributed by atoms with Gasteiger partial charge in [-0.05, 0) is 30.9 Å². The fourth-order valence-electron chi connectivity index (χ4n) is 5.28. The van der Waals surface area contributed by atoms with E-state index in [4.69, 9.17) is 10.5 Å². The summed E-state index contributed by atoms with van der Waals surface area (Å²) in [5, 5.41) is 0. The number of anilines is 2. The lowest BCUT2D eigenvalue weighted by molar-refractivity contribution is -0.153. The molecular formula is C24H27F3N6O4. The molecule has 2 saturated heterocycles. The lowest BCUT2D eigenvalue weighted by Crippen LogP contribution is -2.40. The monoisotopic (exact) mass is 520 g/mol. The number of hydrogen-bond donors (Lipinski definition) is 1. The predicted molar refractivity (Wildman–Crippen MR) is 127 cm³/mol. The van der Waals surface area contributed by atoms with Crippen molar-refractivity contribution >= 4 is 29.4 Å². The fourth-order valence-corrected chi connectivity index (χ4v) is 5.28. The van der Waals surface area contributed by atoms with Crippen LogP contribution in [0.25, 0.3) is 11.4 Å². The van der Waals surface area contributed by atoms with Crippen LogP contribution in [0.2, 0.25) is 0 Å². The molecule has 1 aromatic heterocycles. The van der Waals surface area contributed by atoms with Crippen LogP contribution in [0.15, 0.2) is 24.4 Å². The molecule has 0 bridgehead atoms. The summed E-state index contributed by atoms with van der Waals surface area (Å²) in [7, 11) is 0. The van der Waals surface area contributed by atoms with Crippen LogP contribution in [-0.4, -0.2) is 70.3 Å². The first-order chi connectivity index (χ1) is 17.5. The zero-order valence-electron chi connectivity index (χ0n) is 20.4. The molecule has 1 aromatic carbocycles. The van der Waals surface area contributed by atoms with Crippen molar-refractivity contribution in [3.63, 3.8) is 0 Å². The summed E-state index contributed by atoms with van der Waals surface area (Å²) in [4.78, 5) is 45.5. The molecule has 2 fully saturated rings. The standard InChI is InChI=1S/C24H27F3N6O4/c1-13(2)19-22(35)32(12-24(25,26)27)23(36)33(19)18-11-30-8-9-37-17-10-14(5-6-15(17)21(30)29-18)31-7-3-4-16(31)20(28)34/h5-6,10-11,13,16,19H,3-4,7-9,12H2,1-2H3,(H2,28,34)/t16-,19?/m0/s1. The molecule has 2 atom stereocenters. The molecule has 37 heavy (non-hydrogen) atoms. The smallest absolute Gasteiger partial charge is 0.406 e. The van der Waals surface area contributed by atoms with Crippen LogP contribution in [0, 0.1) is 5.92 Å². The van der Waals surface area contributed by atoms with Gasteiger partial charge in [-0.3, -0.25) is 19.4 Å². The van der Waals surface area contributed by atoms with Crippen LogP contribution < -0.4 is 20.3 Å². The predicted octanol–water partition coefficient (Wildman–Crippen LogP) is 2.75. The number of imidazole rings is 1. The van der Waals surface area contributed by atoms with E-state index in [9.17, 15) is 27.6 Å². The van der Waals surface area contributed by atoms with Gasteiger partial charge in [0, 0.05) is 24.5 Å². The van der Waals surface area contributed by atoms with Crippen molar-refractivity contribution in [1.29, 1.82) is 0 Å². The summed E-state index contributed by atoms with van der Waals surface area (Å²) in [6.07, 6.45) is -1.65. The number of carbonyl (C=O) groups excluding carboxylic acids is 3. The van der Waals surface area contributed by atoms with Crippen LogP contribution in [0.1, 0.15) is 26.7 Å². The third kappa shape index (κ3) is 4.36. The molecule has 13 heteroatoms. The third-order valence-electron chi connectivity index (χ3n) is 6.92. The Morgan fingerprint density at radius 3 is 2.68 bits per heavy atom. The number of benzene rings is 1. The number of urea groups is 1. The number of hydrogen-bond acceptors (Lipinski definition) is 6. The Kier molecular flexibility index (Phi) is 6.03. The van der Waals surface area contributed by atoms with E-state index < -0.39 is 48.6 Å². The number of primary amides is 1. The lowest BCUT2D eigenvalue weighted by atomic mass is 10.0. The normalized spacial score (nSPS) is 21.8. The van der Waals surface area contributed by atoms with Gasteiger partial charge in [-0.15, -0.1) is 0 Å². The maximum Gasteiger partial charge on any atom is 0.406 e. The number of rotatable bonds is 5. The Morgan fingerprint density at radius 1 is 1.24 bits per heavy atom. The van der Waals surface area contributed by atoms with Gasteiger partial charge in [-0.25, -0.2) is 9.78 Å². The molecule has 3 aliphatic heterocycles. The SMILES string of the molecule is CC(C)C1C(=O)N(CC(F)(F)F)C(=O)N1c1cn2c(n1)-c1ccc(N3CCC[C@H]3C(N)=O)cc1OCC2. The minimum absolute atomic E-state index is 0.0991. The summed E-state index contributed by atoms with van der Waals surface area (Å²) in [5.74, 6) is -0.651. The van der Waals surface area contributed by atoms with E-state index >= 15 is 0 Å². The molecular weight excluding hydrogens is 493 g/mol. The molecule has 5 rings (SSSR count). The number of imide groups is 1. The molecule has 0 saturated carbocycles. The Morgan fingerprint density at radius 2 is 2.00 bits per heavy atom. The Labute approximate surface area is 210 Å². The second-order valence-corrected chi connectivity index (χ2v) is 9.78. The molecule has 1 unspecified atom stereocenters. The van der Waals surface area contributed by atoms with E-state index in [1.54, 1.807) is 30.7 Å². The molecule has 3 aliphatic rings. The zero-order chi connectivity index (χ0) is 26.6. The maximum atomic E-state index is 13.1. The van der Waals surface area contributed by atoms with Gasteiger partial charge in [0.1, 0.15) is 36.8 Å². The van der Waals surface area contributed by atoms with Crippen molar-refractivity contribution in [3.8, 4) is 17.1 Å². The van der Waals surface area contributed by atoms with Crippen LogP contribution in [0.5, 0.6) is 5.75 Å². The molecule has 4 amide bonds. The number of nitrogens with two attached hydrogens (primary N) is 1. The first-order valence-electron chi connectivity index (χ1n) is 12.1. The number of alkyl halides is 3. The maximum absolute atomic E-state index is 13.1. The first-order valence-corrected chi connectivity index (χ1v) is 12.1. The first kappa shape index (κ1) is 24.9. The Hall–Kier alpha value is -3.77. The van der Waals surface area contributed by atoms with Crippen LogP contribution >= 0.6 is 0 Å². The summed E-state index contributed by atoms with van der Waals surface area (Å²) in [6.45, 7) is 3.02. The summed E-state index contributed by atoms with van der Waals surface area (Å²) >= 11 is 0. The van der Waals surface area contributed by atoms with Gasteiger partial charge in [0.15, 0.2) is 5.82 Å². The molecule has 4 heterocycles. The average Bonchev–Trinajstić information content (AvgIpc) is 3.49. The number of ether oxygens (including phenoxy) is 1. The molecule has 0 radical (unpaired) electrons. The molecule has 10 nitrogen and oxygen atoms in total. The quantitative estimate of drug-likeness (QED) is 0.607. The van der Waals surface area contributed by atoms with Gasteiger partial charge in [-0.1, -0.05) is 13.8 Å². The number of carbonyl (C=O) groups is 3. The summed E-state index contributed by atoms with van der Waals surface area (Å²) in [6, 6.07) is 2.89. The van der Waals surface area contributed by atoms with E-state index in [1.165, 1.54) is 0 Å². The fraction of sp³-hybridized carbons (Fsp3) is 0.500. The number of halogens is 3. The highest BCUT2D eigenvalue weighted by atomic mass is 19.4. The van der Waals surface area contributed by atoms with Gasteiger partial charge < -0.3 is 19.9 Å². The number of fused-ring (bicyclic) bond motifs is 3. The summed E-state index contributed by atoms with van der Waals surface area (Å²) < 4.78 is 47.0. The second-order valence-electron chi connectivity index (χ2n) is 9.78. The Bertz CT molecular complexity index is 1260. The van der Waals surface area contributed by atoms with E-state index in [2.05, 4.69) is 4.98 Å². The van der Waals surface area contributed by atoms with Gasteiger partial charge in [0.05, 0.1) is 12.1 Å². The van der Waals surface area contributed by atoms with E-state index in [1.807, 2.05) is 17.0 Å². The molecule has 0 aliphatic carbocycles. The van der Waals surface area contributed by atoms with Gasteiger partial charge in [0.2, 0.25) is 5.91 Å². The topological polar surface area (TPSA) is 114 Å². The van der Waals surface area contributed by atoms with E-state index in [0.29, 0.717) is 36.6 Å². The Balaban J connectivity index is 1.51. The van der Waals surface area contributed by atoms with Crippen molar-refractivity contribution in [2.75, 3.05) is 29.5 Å². The second kappa shape index (κ2) is 8.96. The van der Waals surface area contributed by atoms with Crippen molar-refractivity contribution in [1.82, 2.24) is 14.5 Å². The summed E-state index contributed by atoms with van der Waals surface area (Å²) in [5.41, 5.74) is 6.96. The molecule has 198 valence electrons. The van der Waals surface area contributed by atoms with Crippen molar-refractivity contribution in [2.24, 2.45) is 11.7 Å². The van der Waals surface area contributed by atoms with Crippen LogP contribution in [-0.2, 0) is 16.1 Å². The zero-order valence-corrected chi connectivity index (χ0v) is 20.4. The van der Waals surface area contributed by atoms with Crippen LogP contribution in [0.3, 0.4) is 0 Å². The molecule has 2 aromatic rings. The van der Waals surface area contributed by atoms with Gasteiger partial charge in [-0.2, -0.15) is 13.2 Å². The highest BCUT2D eigenvalue weighted by Crippen LogP contribution is 2.39. The minimum atomic E-state index is -4.72. The number of aromatic nitrogens is 2. The largest absolute Gasteiger partial charge is 0.491 e. The average molecular weight is 521 g/mol. The van der Waals surface area contributed by atoms with Crippen molar-refractivity contribution in [2.45, 2.75) is 51.5 Å². The van der Waals surface area contributed by atoms with Crippen LogP contribution in [0.4, 0.5) is 29.5 Å². The van der Waals surface area contributed by atoms with Crippen molar-refractivity contribution < 1.29 is 32.3 Å². The highest BCUT2D eigenvalue weighted by Gasteiger charge is 2.51. The van der Waals surface area contributed by atoms with Crippen molar-refractivity contribution in [3.05, 3.63) is 24.4 Å².